The van der Waals surface area contributed by atoms with Crippen LogP contribution in [0.2, 0.25) is 0 Å². The number of halogens is 3. The van der Waals surface area contributed by atoms with Gasteiger partial charge in [0.25, 0.3) is 0 Å². The number of rotatable bonds is 6. The number of sulfonamides is 1. The Morgan fingerprint density at radius 2 is 1.93 bits per heavy atom. The molecular formula is C18H17F3N4O3S2. The van der Waals surface area contributed by atoms with E-state index in [9.17, 15) is 26.4 Å². The van der Waals surface area contributed by atoms with Crippen molar-refractivity contribution < 1.29 is 26.4 Å². The van der Waals surface area contributed by atoms with Gasteiger partial charge in [0.05, 0.1) is 26.9 Å². The second kappa shape index (κ2) is 8.28. The van der Waals surface area contributed by atoms with E-state index in [-0.39, 0.29) is 4.90 Å². The molecule has 1 amide bonds. The zero-order valence-electron chi connectivity index (χ0n) is 15.8. The Hall–Kier alpha value is -2.57. The minimum atomic E-state index is -3.90. The lowest BCUT2D eigenvalue weighted by atomic mass is 10.2. The zero-order valence-corrected chi connectivity index (χ0v) is 17.5. The van der Waals surface area contributed by atoms with E-state index in [0.29, 0.717) is 28.8 Å². The molecule has 7 nitrogen and oxygen atoms in total. The van der Waals surface area contributed by atoms with Gasteiger partial charge < -0.3 is 9.88 Å². The zero-order chi connectivity index (χ0) is 22.2. The first-order chi connectivity index (χ1) is 14.0. The Balaban J connectivity index is 1.86. The number of aromatic nitrogens is 2. The highest BCUT2D eigenvalue weighted by atomic mass is 32.2. The minimum Gasteiger partial charge on any atom is -0.323 e. The van der Waals surface area contributed by atoms with Crippen molar-refractivity contribution in [3.63, 3.8) is 0 Å². The fourth-order valence-corrected chi connectivity index (χ4v) is 4.25. The number of anilines is 1. The third-order valence-electron chi connectivity index (χ3n) is 4.27. The third kappa shape index (κ3) is 4.30. The molecule has 3 N–H and O–H groups in total. The van der Waals surface area contributed by atoms with E-state index in [1.807, 2.05) is 6.92 Å². The topological polar surface area (TPSA) is 107 Å². The van der Waals surface area contributed by atoms with Crippen molar-refractivity contribution in [2.75, 3.05) is 5.32 Å². The maximum atomic E-state index is 13.8. The molecule has 0 aliphatic heterocycles. The van der Waals surface area contributed by atoms with Crippen LogP contribution in [0.4, 0.5) is 18.9 Å². The molecule has 3 aromatic rings. The summed E-state index contributed by atoms with van der Waals surface area (Å²) in [5.41, 5.74) is 0.546. The van der Waals surface area contributed by atoms with E-state index in [4.69, 9.17) is 5.14 Å². The summed E-state index contributed by atoms with van der Waals surface area (Å²) in [6, 6.07) is 5.91. The Morgan fingerprint density at radius 3 is 2.57 bits per heavy atom. The van der Waals surface area contributed by atoms with Crippen molar-refractivity contribution in [1.82, 2.24) is 9.55 Å². The maximum Gasteiger partial charge on any atom is 0.238 e. The van der Waals surface area contributed by atoms with Crippen molar-refractivity contribution in [3.05, 3.63) is 47.8 Å². The highest BCUT2D eigenvalue weighted by Crippen LogP contribution is 2.29. The molecule has 0 aliphatic carbocycles. The molecule has 1 heterocycles. The minimum absolute atomic E-state index is 0.0908. The lowest BCUT2D eigenvalue weighted by Gasteiger charge is -2.13. The van der Waals surface area contributed by atoms with Crippen LogP contribution in [0, 0.1) is 17.5 Å². The second-order valence-corrected chi connectivity index (χ2v) is 9.18. The monoisotopic (exact) mass is 458 g/mol. The number of benzene rings is 2. The number of nitrogens with two attached hydrogens (primary N) is 1. The largest absolute Gasteiger partial charge is 0.323 e. The van der Waals surface area contributed by atoms with Crippen LogP contribution in [0.5, 0.6) is 0 Å². The fraction of sp³-hybridized carbons (Fsp3) is 0.222. The number of hydrogen-bond acceptors (Lipinski definition) is 5. The van der Waals surface area contributed by atoms with Crippen LogP contribution < -0.4 is 10.5 Å². The fourth-order valence-electron chi connectivity index (χ4n) is 2.73. The summed E-state index contributed by atoms with van der Waals surface area (Å²) in [6.07, 6.45) is 0. The highest BCUT2D eigenvalue weighted by molar-refractivity contribution is 8.00. The molecule has 0 aliphatic rings. The van der Waals surface area contributed by atoms with Crippen LogP contribution in [0.15, 0.2) is 40.4 Å². The van der Waals surface area contributed by atoms with Crippen molar-refractivity contribution in [1.29, 1.82) is 0 Å². The molecular weight excluding hydrogens is 441 g/mol. The first kappa shape index (κ1) is 22.1. The number of nitrogens with one attached hydrogen (secondary N) is 1. The van der Waals surface area contributed by atoms with Gasteiger partial charge in [0.2, 0.25) is 15.9 Å². The summed E-state index contributed by atoms with van der Waals surface area (Å²) in [7, 11) is -3.90. The average Bonchev–Trinajstić information content (AvgIpc) is 3.03. The van der Waals surface area contributed by atoms with Gasteiger partial charge in [-0.25, -0.2) is 31.7 Å². The highest BCUT2D eigenvalue weighted by Gasteiger charge is 2.22. The molecule has 0 spiro atoms. The number of amides is 1. The smallest absolute Gasteiger partial charge is 0.238 e. The summed E-state index contributed by atoms with van der Waals surface area (Å²) < 4.78 is 65.1. The van der Waals surface area contributed by atoms with E-state index in [0.717, 1.165) is 17.8 Å². The molecule has 1 unspecified atom stereocenters. The summed E-state index contributed by atoms with van der Waals surface area (Å²) in [4.78, 5) is 16.7. The molecule has 3 rings (SSSR count). The molecule has 12 heteroatoms. The van der Waals surface area contributed by atoms with Gasteiger partial charge in [0.15, 0.2) is 22.6 Å². The molecule has 160 valence electrons. The van der Waals surface area contributed by atoms with Crippen LogP contribution in [0.3, 0.4) is 0 Å². The number of primary sulfonamides is 1. The van der Waals surface area contributed by atoms with Gasteiger partial charge >= 0.3 is 0 Å². The summed E-state index contributed by atoms with van der Waals surface area (Å²) in [6.45, 7) is 3.87. The number of imidazole rings is 1. The lowest BCUT2D eigenvalue weighted by molar-refractivity contribution is -0.115. The maximum absolute atomic E-state index is 13.8. The van der Waals surface area contributed by atoms with Crippen LogP contribution in [-0.4, -0.2) is 29.1 Å². The number of hydrogen-bond donors (Lipinski definition) is 2. The number of carbonyl (C=O) groups is 1. The Labute approximate surface area is 174 Å². The number of nitrogens with zero attached hydrogens (tertiary/aromatic N) is 2. The van der Waals surface area contributed by atoms with Crippen molar-refractivity contribution in [2.45, 2.75) is 35.7 Å². The van der Waals surface area contributed by atoms with Crippen LogP contribution in [0.25, 0.3) is 11.0 Å². The Bertz CT molecular complexity index is 1250. The van der Waals surface area contributed by atoms with Crippen LogP contribution in [-0.2, 0) is 21.4 Å². The van der Waals surface area contributed by atoms with Gasteiger partial charge in [-0.15, -0.1) is 0 Å². The van der Waals surface area contributed by atoms with Crippen LogP contribution in [0.1, 0.15) is 13.8 Å². The van der Waals surface area contributed by atoms with E-state index >= 15 is 0 Å². The lowest BCUT2D eigenvalue weighted by Crippen LogP contribution is -2.23. The molecule has 0 saturated carbocycles. The number of fused-ring (bicyclic) bond motifs is 1. The number of thioether (sulfide) groups is 1. The van der Waals surface area contributed by atoms with Crippen LogP contribution >= 0.6 is 11.8 Å². The van der Waals surface area contributed by atoms with E-state index in [1.54, 1.807) is 10.6 Å². The quantitative estimate of drug-likeness (QED) is 0.436. The predicted molar refractivity (Wildman–Crippen MR) is 107 cm³/mol. The third-order valence-corrected chi connectivity index (χ3v) is 6.28. The van der Waals surface area contributed by atoms with Crippen molar-refractivity contribution in [3.8, 4) is 0 Å². The van der Waals surface area contributed by atoms with Gasteiger partial charge in [-0.05, 0) is 44.2 Å². The van der Waals surface area contributed by atoms with Crippen molar-refractivity contribution in [2.24, 2.45) is 5.14 Å². The molecule has 1 aromatic heterocycles. The second-order valence-electron chi connectivity index (χ2n) is 6.31. The van der Waals surface area contributed by atoms with Gasteiger partial charge in [0, 0.05) is 6.54 Å². The molecule has 0 radical (unpaired) electrons. The molecule has 0 bridgehead atoms. The first-order valence-electron chi connectivity index (χ1n) is 8.67. The first-order valence-corrected chi connectivity index (χ1v) is 11.1. The Kier molecular flexibility index (Phi) is 6.11. The predicted octanol–water partition coefficient (Wildman–Crippen LogP) is 3.24. The Morgan fingerprint density at radius 1 is 1.23 bits per heavy atom. The summed E-state index contributed by atoms with van der Waals surface area (Å²) in [5.74, 6) is -5.17. The SMILES string of the molecule is CCn1c(SC(C)C(=O)Nc2ccc(F)c(F)c2F)nc2cc(S(N)(=O)=O)ccc21. The molecule has 0 fully saturated rings. The van der Waals surface area contributed by atoms with E-state index in [1.165, 1.54) is 19.1 Å². The van der Waals surface area contributed by atoms with Crippen molar-refractivity contribution >= 4 is 44.4 Å². The van der Waals surface area contributed by atoms with Gasteiger partial charge in [-0.1, -0.05) is 11.8 Å². The number of carbonyl (C=O) groups excluding carboxylic acids is 1. The summed E-state index contributed by atoms with van der Waals surface area (Å²) in [5, 5.41) is 7.02. The molecule has 1 atom stereocenters. The standard InChI is InChI=1S/C18H17F3N4O3S2/c1-3-25-14-7-4-10(30(22,27)28)8-13(14)24-18(25)29-9(2)17(26)23-12-6-5-11(19)15(20)16(12)21/h4-9H,3H2,1-2H3,(H,23,26)(H2,22,27,28). The van der Waals surface area contributed by atoms with Gasteiger partial charge in [-0.3, -0.25) is 4.79 Å². The van der Waals surface area contributed by atoms with Gasteiger partial charge in [-0.2, -0.15) is 0 Å². The molecule has 2 aromatic carbocycles. The molecule has 30 heavy (non-hydrogen) atoms. The van der Waals surface area contributed by atoms with Gasteiger partial charge in [0.1, 0.15) is 0 Å². The van der Waals surface area contributed by atoms with E-state index in [2.05, 4.69) is 10.3 Å². The summed E-state index contributed by atoms with van der Waals surface area (Å²) >= 11 is 1.04. The average molecular weight is 458 g/mol. The van der Waals surface area contributed by atoms with E-state index < -0.39 is 44.3 Å². The molecule has 0 saturated heterocycles. The normalized spacial score (nSPS) is 12.9. The number of aryl methyl sites for hydroxylation is 1.